The Morgan fingerprint density at radius 1 is 1.08 bits per heavy atom. The molecule has 2 atom stereocenters. The molecule has 2 saturated heterocycles. The lowest BCUT2D eigenvalue weighted by molar-refractivity contribution is -0.122. The van der Waals surface area contributed by atoms with Gasteiger partial charge in [0, 0.05) is 49.6 Å². The number of nitrogens with zero attached hydrogens (tertiary/aromatic N) is 1. The minimum absolute atomic E-state index is 0. The third kappa shape index (κ3) is 6.80. The van der Waals surface area contributed by atoms with Gasteiger partial charge in [-0.2, -0.15) is 0 Å². The number of aromatic nitrogens is 1. The van der Waals surface area contributed by atoms with Crippen LogP contribution in [0.5, 0.6) is 0 Å². The molecule has 0 radical (unpaired) electrons. The van der Waals surface area contributed by atoms with Crippen molar-refractivity contribution in [2.75, 3.05) is 11.9 Å². The van der Waals surface area contributed by atoms with Crippen LogP contribution < -0.4 is 16.0 Å². The summed E-state index contributed by atoms with van der Waals surface area (Å²) in [7, 11) is 0. The Morgan fingerprint density at radius 3 is 2.36 bits per heavy atom. The van der Waals surface area contributed by atoms with Crippen molar-refractivity contribution in [2.24, 2.45) is 5.92 Å². The molecule has 6 nitrogen and oxygen atoms in total. The molecule has 0 saturated carbocycles. The molecule has 8 heteroatoms. The molecule has 2 amide bonds. The van der Waals surface area contributed by atoms with Gasteiger partial charge < -0.3 is 16.0 Å². The molecule has 2 aliphatic heterocycles. The molecule has 2 fully saturated rings. The van der Waals surface area contributed by atoms with Gasteiger partial charge in [0.2, 0.25) is 11.8 Å². The molecule has 3 N–H and O–H groups in total. The fraction of sp³-hybridized carbons (Fsp3) is 0.588. The van der Waals surface area contributed by atoms with Crippen LogP contribution in [0, 0.1) is 5.92 Å². The molecular weight excluding hydrogens is 363 g/mol. The van der Waals surface area contributed by atoms with Crippen molar-refractivity contribution in [1.82, 2.24) is 15.6 Å². The van der Waals surface area contributed by atoms with E-state index in [1.807, 2.05) is 0 Å². The lowest BCUT2D eigenvalue weighted by Crippen LogP contribution is -2.40. The fourth-order valence-corrected chi connectivity index (χ4v) is 3.65. The Morgan fingerprint density at radius 2 is 1.72 bits per heavy atom. The summed E-state index contributed by atoms with van der Waals surface area (Å²) in [6, 6.07) is 4.69. The molecule has 2 unspecified atom stereocenters. The number of hydrogen-bond acceptors (Lipinski definition) is 4. The largest absolute Gasteiger partial charge is 0.356 e. The van der Waals surface area contributed by atoms with E-state index >= 15 is 0 Å². The van der Waals surface area contributed by atoms with E-state index in [2.05, 4.69) is 20.9 Å². The van der Waals surface area contributed by atoms with Crippen molar-refractivity contribution in [2.45, 2.75) is 50.6 Å². The Bertz CT molecular complexity index is 547. The van der Waals surface area contributed by atoms with E-state index in [0.29, 0.717) is 31.0 Å². The van der Waals surface area contributed by atoms with E-state index in [1.165, 1.54) is 12.8 Å². The number of piperidine rings is 1. The molecule has 2 aliphatic rings. The van der Waals surface area contributed by atoms with Gasteiger partial charge in [0.25, 0.3) is 0 Å². The maximum Gasteiger partial charge on any atom is 0.226 e. The van der Waals surface area contributed by atoms with Crippen LogP contribution in [0.15, 0.2) is 24.5 Å². The third-order valence-corrected chi connectivity index (χ3v) is 4.68. The molecule has 3 heterocycles. The van der Waals surface area contributed by atoms with Crippen molar-refractivity contribution < 1.29 is 9.59 Å². The van der Waals surface area contributed by atoms with Crippen molar-refractivity contribution in [3.63, 3.8) is 0 Å². The summed E-state index contributed by atoms with van der Waals surface area (Å²) in [5, 5.41) is 9.23. The van der Waals surface area contributed by atoms with Crippen LogP contribution in [0.2, 0.25) is 0 Å². The minimum Gasteiger partial charge on any atom is -0.356 e. The van der Waals surface area contributed by atoms with E-state index < -0.39 is 0 Å². The first kappa shape index (κ1) is 21.7. The van der Waals surface area contributed by atoms with E-state index in [-0.39, 0.29) is 43.0 Å². The average molecular weight is 389 g/mol. The summed E-state index contributed by atoms with van der Waals surface area (Å²) in [6.45, 7) is 0.383. The summed E-state index contributed by atoms with van der Waals surface area (Å²) >= 11 is 0. The van der Waals surface area contributed by atoms with Gasteiger partial charge in [0.15, 0.2) is 0 Å². The molecular formula is C17H26Cl2N4O2. The van der Waals surface area contributed by atoms with Gasteiger partial charge in [-0.25, -0.2) is 0 Å². The van der Waals surface area contributed by atoms with Gasteiger partial charge in [0.1, 0.15) is 0 Å². The normalized spacial score (nSPS) is 23.8. The second-order valence-electron chi connectivity index (χ2n) is 6.56. The number of rotatable bonds is 6. The zero-order valence-electron chi connectivity index (χ0n) is 14.1. The minimum atomic E-state index is -0.101. The molecule has 0 aliphatic carbocycles. The fourth-order valence-electron chi connectivity index (χ4n) is 3.65. The molecule has 3 rings (SSSR count). The highest BCUT2D eigenvalue weighted by Gasteiger charge is 2.34. The second-order valence-corrected chi connectivity index (χ2v) is 6.56. The predicted octanol–water partition coefficient (Wildman–Crippen LogP) is 2.29. The van der Waals surface area contributed by atoms with Gasteiger partial charge in [-0.05, 0) is 43.7 Å². The van der Waals surface area contributed by atoms with Crippen LogP contribution in [-0.4, -0.2) is 35.4 Å². The number of carbonyl (C=O) groups is 2. The van der Waals surface area contributed by atoms with Gasteiger partial charge in [-0.1, -0.05) is 0 Å². The molecule has 1 aromatic rings. The topological polar surface area (TPSA) is 83.1 Å². The summed E-state index contributed by atoms with van der Waals surface area (Å²) in [6.07, 6.45) is 8.83. The van der Waals surface area contributed by atoms with Crippen molar-refractivity contribution in [3.05, 3.63) is 24.5 Å². The smallest absolute Gasteiger partial charge is 0.226 e. The molecule has 0 spiro atoms. The van der Waals surface area contributed by atoms with E-state index in [0.717, 1.165) is 18.5 Å². The number of pyridine rings is 1. The predicted molar refractivity (Wildman–Crippen MR) is 102 cm³/mol. The van der Waals surface area contributed by atoms with E-state index in [4.69, 9.17) is 0 Å². The van der Waals surface area contributed by atoms with E-state index in [9.17, 15) is 9.59 Å². The van der Waals surface area contributed by atoms with Crippen LogP contribution in [0.4, 0.5) is 5.69 Å². The Labute approximate surface area is 160 Å². The number of fused-ring (bicyclic) bond motifs is 2. The highest BCUT2D eigenvalue weighted by atomic mass is 35.5. The van der Waals surface area contributed by atoms with Crippen LogP contribution in [0.25, 0.3) is 0 Å². The van der Waals surface area contributed by atoms with Gasteiger partial charge in [-0.3, -0.25) is 14.6 Å². The Balaban J connectivity index is 0.00000156. The van der Waals surface area contributed by atoms with Crippen molar-refractivity contribution in [3.8, 4) is 0 Å². The number of halogens is 2. The van der Waals surface area contributed by atoms with Crippen LogP contribution in [-0.2, 0) is 9.59 Å². The summed E-state index contributed by atoms with van der Waals surface area (Å²) in [5.41, 5.74) is 0.724. The maximum absolute atomic E-state index is 12.0. The first-order valence-corrected chi connectivity index (χ1v) is 8.41. The number of amides is 2. The number of nitrogens with one attached hydrogen (secondary N) is 3. The Kier molecular flexibility index (Phi) is 9.17. The van der Waals surface area contributed by atoms with E-state index in [1.54, 1.807) is 24.5 Å². The number of carbonyl (C=O) groups excluding carboxylic acids is 2. The zero-order valence-corrected chi connectivity index (χ0v) is 15.7. The van der Waals surface area contributed by atoms with Gasteiger partial charge in [0.05, 0.1) is 0 Å². The standard InChI is InChI=1S/C17H24N4O2.2ClH/c22-16(21-13-3-6-18-7-4-13)5-8-19-17(23)11-12-9-14-1-2-15(10-12)20-14;;/h3-4,6-7,12,14-15,20H,1-2,5,8-11H2,(H,19,23)(H,18,21,22);2*1H. The number of hydrogen-bond donors (Lipinski definition) is 3. The highest BCUT2D eigenvalue weighted by molar-refractivity contribution is 5.91. The van der Waals surface area contributed by atoms with Gasteiger partial charge >= 0.3 is 0 Å². The van der Waals surface area contributed by atoms with Crippen molar-refractivity contribution in [1.29, 1.82) is 0 Å². The van der Waals surface area contributed by atoms with Crippen LogP contribution >= 0.6 is 24.8 Å². The molecule has 1 aromatic heterocycles. The molecule has 0 aromatic carbocycles. The molecule has 25 heavy (non-hydrogen) atoms. The summed E-state index contributed by atoms with van der Waals surface area (Å²) in [4.78, 5) is 27.7. The Hall–Kier alpha value is -1.37. The highest BCUT2D eigenvalue weighted by Crippen LogP contribution is 2.32. The lowest BCUT2D eigenvalue weighted by Gasteiger charge is -2.28. The first-order chi connectivity index (χ1) is 11.2. The monoisotopic (exact) mass is 388 g/mol. The SMILES string of the molecule is Cl.Cl.O=C(CC1CC2CCC(C1)N2)NCCC(=O)Nc1ccncc1. The quantitative estimate of drug-likeness (QED) is 0.697. The maximum atomic E-state index is 12.0. The first-order valence-electron chi connectivity index (χ1n) is 8.41. The average Bonchev–Trinajstić information content (AvgIpc) is 2.87. The lowest BCUT2D eigenvalue weighted by atomic mass is 9.89. The summed E-state index contributed by atoms with van der Waals surface area (Å²) < 4.78 is 0. The summed E-state index contributed by atoms with van der Waals surface area (Å²) in [5.74, 6) is 0.448. The van der Waals surface area contributed by atoms with Crippen molar-refractivity contribution >= 4 is 42.3 Å². The second kappa shape index (κ2) is 10.6. The van der Waals surface area contributed by atoms with Crippen LogP contribution in [0.1, 0.15) is 38.5 Å². The van der Waals surface area contributed by atoms with Gasteiger partial charge in [-0.15, -0.1) is 24.8 Å². The molecule has 140 valence electrons. The third-order valence-electron chi connectivity index (χ3n) is 4.68. The van der Waals surface area contributed by atoms with Crippen LogP contribution in [0.3, 0.4) is 0 Å². The molecule has 2 bridgehead atoms. The zero-order chi connectivity index (χ0) is 16.1. The number of anilines is 1.